The van der Waals surface area contributed by atoms with Crippen LogP contribution in [0.5, 0.6) is 0 Å². The molecular weight excluding hydrogens is 406 g/mol. The molecule has 3 rings (SSSR count). The number of aliphatic imine (C=N–C) groups is 1. The topological polar surface area (TPSA) is 129 Å². The van der Waals surface area contributed by atoms with Gasteiger partial charge in [0.1, 0.15) is 0 Å². The maximum atomic E-state index is 11.5. The standard InChI is InChI=1S/C23H37N7O2/c1-26-23(28-20-7-10-29(11-8-20)16-21(24)31)27-13-17-4-2-5-18(12-17)14-30-9-3-6-19(15-30)22(25)32/h2,4-5,12,19-20H,3,6-11,13-16H2,1H3,(H2,24,31)(H2,25,32)(H2,26,27,28). The van der Waals surface area contributed by atoms with Crippen molar-refractivity contribution in [1.29, 1.82) is 0 Å². The number of carbonyl (C=O) groups is 2. The van der Waals surface area contributed by atoms with Gasteiger partial charge in [-0.05, 0) is 43.4 Å². The lowest BCUT2D eigenvalue weighted by Gasteiger charge is -2.32. The van der Waals surface area contributed by atoms with E-state index in [0.717, 1.165) is 64.4 Å². The van der Waals surface area contributed by atoms with Crippen molar-refractivity contribution in [1.82, 2.24) is 20.4 Å². The fourth-order valence-electron chi connectivity index (χ4n) is 4.56. The summed E-state index contributed by atoms with van der Waals surface area (Å²) in [4.78, 5) is 31.4. The number of piperidine rings is 2. The summed E-state index contributed by atoms with van der Waals surface area (Å²) in [5, 5.41) is 6.90. The average molecular weight is 444 g/mol. The predicted molar refractivity (Wildman–Crippen MR) is 126 cm³/mol. The van der Waals surface area contributed by atoms with Gasteiger partial charge in [-0.2, -0.15) is 0 Å². The van der Waals surface area contributed by atoms with Gasteiger partial charge in [-0.15, -0.1) is 0 Å². The molecule has 2 amide bonds. The average Bonchev–Trinajstić information content (AvgIpc) is 2.78. The molecule has 0 saturated carbocycles. The van der Waals surface area contributed by atoms with Crippen molar-refractivity contribution in [3.05, 3.63) is 35.4 Å². The minimum absolute atomic E-state index is 0.0364. The van der Waals surface area contributed by atoms with E-state index in [4.69, 9.17) is 11.5 Å². The number of nitrogens with two attached hydrogens (primary N) is 2. The molecule has 9 heteroatoms. The third-order valence-electron chi connectivity index (χ3n) is 6.30. The maximum Gasteiger partial charge on any atom is 0.231 e. The van der Waals surface area contributed by atoms with Gasteiger partial charge in [-0.25, -0.2) is 0 Å². The molecule has 1 aromatic rings. The van der Waals surface area contributed by atoms with Gasteiger partial charge < -0.3 is 22.1 Å². The van der Waals surface area contributed by atoms with Crippen molar-refractivity contribution in [3.63, 3.8) is 0 Å². The lowest BCUT2D eigenvalue weighted by molar-refractivity contribution is -0.123. The summed E-state index contributed by atoms with van der Waals surface area (Å²) in [6, 6.07) is 8.84. The molecule has 2 aliphatic rings. The molecule has 0 aromatic heterocycles. The molecule has 0 spiro atoms. The minimum atomic E-state index is -0.274. The molecule has 1 aromatic carbocycles. The first-order chi connectivity index (χ1) is 15.4. The van der Waals surface area contributed by atoms with E-state index >= 15 is 0 Å². The van der Waals surface area contributed by atoms with Crippen LogP contribution < -0.4 is 22.1 Å². The quantitative estimate of drug-likeness (QED) is 0.331. The highest BCUT2D eigenvalue weighted by atomic mass is 16.1. The molecule has 32 heavy (non-hydrogen) atoms. The van der Waals surface area contributed by atoms with Crippen LogP contribution in [0.25, 0.3) is 0 Å². The van der Waals surface area contributed by atoms with Gasteiger partial charge in [-0.1, -0.05) is 24.3 Å². The van der Waals surface area contributed by atoms with E-state index in [1.54, 1.807) is 7.05 Å². The second-order valence-corrected chi connectivity index (χ2v) is 8.88. The number of rotatable bonds is 8. The largest absolute Gasteiger partial charge is 0.369 e. The van der Waals surface area contributed by atoms with Crippen LogP contribution in [0.1, 0.15) is 36.8 Å². The predicted octanol–water partition coefficient (Wildman–Crippen LogP) is -0.00140. The van der Waals surface area contributed by atoms with Crippen molar-refractivity contribution in [2.75, 3.05) is 39.8 Å². The normalized spacial score (nSPS) is 21.3. The summed E-state index contributed by atoms with van der Waals surface area (Å²) in [7, 11) is 1.78. The Morgan fingerprint density at radius 1 is 1.09 bits per heavy atom. The number of benzene rings is 1. The Morgan fingerprint density at radius 2 is 1.84 bits per heavy atom. The van der Waals surface area contributed by atoms with Crippen LogP contribution in [0.4, 0.5) is 0 Å². The summed E-state index contributed by atoms with van der Waals surface area (Å²) in [5.41, 5.74) is 13.2. The highest BCUT2D eigenvalue weighted by Crippen LogP contribution is 2.19. The van der Waals surface area contributed by atoms with Crippen molar-refractivity contribution in [3.8, 4) is 0 Å². The number of nitrogens with one attached hydrogen (secondary N) is 2. The van der Waals surface area contributed by atoms with Gasteiger partial charge in [-0.3, -0.25) is 24.4 Å². The Balaban J connectivity index is 1.45. The summed E-state index contributed by atoms with van der Waals surface area (Å²) in [6.45, 7) is 5.29. The Kier molecular flexibility index (Phi) is 8.87. The van der Waals surface area contributed by atoms with E-state index in [9.17, 15) is 9.59 Å². The van der Waals surface area contributed by atoms with Crippen molar-refractivity contribution >= 4 is 17.8 Å². The first-order valence-electron chi connectivity index (χ1n) is 11.5. The molecule has 9 nitrogen and oxygen atoms in total. The summed E-state index contributed by atoms with van der Waals surface area (Å²) in [6.07, 6.45) is 3.81. The minimum Gasteiger partial charge on any atom is -0.369 e. The molecule has 2 fully saturated rings. The van der Waals surface area contributed by atoms with E-state index in [2.05, 4.69) is 49.7 Å². The van der Waals surface area contributed by atoms with Crippen LogP contribution in [0.15, 0.2) is 29.3 Å². The highest BCUT2D eigenvalue weighted by Gasteiger charge is 2.24. The monoisotopic (exact) mass is 443 g/mol. The van der Waals surface area contributed by atoms with Crippen LogP contribution in [-0.2, 0) is 22.7 Å². The smallest absolute Gasteiger partial charge is 0.231 e. The van der Waals surface area contributed by atoms with Gasteiger partial charge in [0.2, 0.25) is 11.8 Å². The highest BCUT2D eigenvalue weighted by molar-refractivity contribution is 5.80. The third-order valence-corrected chi connectivity index (χ3v) is 6.30. The fraction of sp³-hybridized carbons (Fsp3) is 0.609. The summed E-state index contributed by atoms with van der Waals surface area (Å²) >= 11 is 0. The first-order valence-corrected chi connectivity index (χ1v) is 11.5. The maximum absolute atomic E-state index is 11.5. The zero-order valence-corrected chi connectivity index (χ0v) is 19.1. The fourth-order valence-corrected chi connectivity index (χ4v) is 4.56. The second kappa shape index (κ2) is 11.8. The van der Waals surface area contributed by atoms with Crippen molar-refractivity contribution in [2.45, 2.75) is 44.8 Å². The zero-order valence-electron chi connectivity index (χ0n) is 19.1. The Morgan fingerprint density at radius 3 is 2.53 bits per heavy atom. The van der Waals surface area contributed by atoms with Crippen LogP contribution in [0.3, 0.4) is 0 Å². The molecule has 2 aliphatic heterocycles. The van der Waals surface area contributed by atoms with Crippen LogP contribution in [-0.4, -0.2) is 73.4 Å². The first kappa shape index (κ1) is 24.0. The van der Waals surface area contributed by atoms with Gasteiger partial charge in [0, 0.05) is 45.8 Å². The number of nitrogens with zero attached hydrogens (tertiary/aromatic N) is 3. The Labute approximate surface area is 190 Å². The number of carbonyl (C=O) groups excluding carboxylic acids is 2. The van der Waals surface area contributed by atoms with Gasteiger partial charge >= 0.3 is 0 Å². The Hall–Kier alpha value is -2.65. The van der Waals surface area contributed by atoms with E-state index in [1.165, 1.54) is 11.1 Å². The number of primary amides is 2. The SMILES string of the molecule is CN=C(NCc1cccc(CN2CCCC(C(N)=O)C2)c1)NC1CCN(CC(N)=O)CC1. The molecular formula is C23H37N7O2. The van der Waals surface area contributed by atoms with Gasteiger partial charge in [0.25, 0.3) is 0 Å². The molecule has 1 unspecified atom stereocenters. The number of hydrogen-bond acceptors (Lipinski definition) is 5. The number of hydrogen-bond donors (Lipinski definition) is 4. The lowest BCUT2D eigenvalue weighted by Crippen LogP contribution is -2.49. The van der Waals surface area contributed by atoms with Gasteiger partial charge in [0.05, 0.1) is 12.5 Å². The second-order valence-electron chi connectivity index (χ2n) is 8.88. The number of amides is 2. The molecule has 0 radical (unpaired) electrons. The molecule has 176 valence electrons. The van der Waals surface area contributed by atoms with Crippen LogP contribution in [0, 0.1) is 5.92 Å². The summed E-state index contributed by atoms with van der Waals surface area (Å²) in [5.74, 6) is 0.281. The molecule has 6 N–H and O–H groups in total. The van der Waals surface area contributed by atoms with E-state index < -0.39 is 0 Å². The van der Waals surface area contributed by atoms with Crippen LogP contribution in [0.2, 0.25) is 0 Å². The molecule has 1 atom stereocenters. The molecule has 2 saturated heterocycles. The van der Waals surface area contributed by atoms with Crippen molar-refractivity contribution in [2.24, 2.45) is 22.4 Å². The lowest BCUT2D eigenvalue weighted by atomic mass is 9.97. The number of guanidine groups is 1. The molecule has 2 heterocycles. The summed E-state index contributed by atoms with van der Waals surface area (Å²) < 4.78 is 0. The van der Waals surface area contributed by atoms with E-state index in [0.29, 0.717) is 19.1 Å². The zero-order chi connectivity index (χ0) is 22.9. The number of likely N-dealkylation sites (tertiary alicyclic amines) is 2. The van der Waals surface area contributed by atoms with E-state index in [-0.39, 0.29) is 17.7 Å². The molecule has 0 aliphatic carbocycles. The van der Waals surface area contributed by atoms with E-state index in [1.807, 2.05) is 0 Å². The molecule has 0 bridgehead atoms. The van der Waals surface area contributed by atoms with Crippen LogP contribution >= 0.6 is 0 Å². The third kappa shape index (κ3) is 7.49. The van der Waals surface area contributed by atoms with Crippen molar-refractivity contribution < 1.29 is 9.59 Å². The van der Waals surface area contributed by atoms with Gasteiger partial charge in [0.15, 0.2) is 5.96 Å². The Bertz CT molecular complexity index is 805.